The van der Waals surface area contributed by atoms with Gasteiger partial charge in [0.05, 0.1) is 10.0 Å². The average molecular weight is 331 g/mol. The highest BCUT2D eigenvalue weighted by Crippen LogP contribution is 2.28. The molecule has 0 atom stereocenters. The van der Waals surface area contributed by atoms with Crippen molar-refractivity contribution in [2.45, 2.75) is 13.2 Å². The molecule has 0 bridgehead atoms. The lowest BCUT2D eigenvalue weighted by molar-refractivity contribution is 0.0631. The van der Waals surface area contributed by atoms with Crippen LogP contribution in [0.2, 0.25) is 0 Å². The zero-order valence-corrected chi connectivity index (χ0v) is 11.2. The van der Waals surface area contributed by atoms with Crippen LogP contribution < -0.4 is 4.74 Å². The van der Waals surface area contributed by atoms with Crippen LogP contribution in [-0.4, -0.2) is 15.8 Å². The van der Waals surface area contributed by atoms with Gasteiger partial charge in [0, 0.05) is 12.4 Å². The minimum atomic E-state index is -2.68. The summed E-state index contributed by atoms with van der Waals surface area (Å²) in [7, 11) is 0. The predicted molar refractivity (Wildman–Crippen MR) is 67.3 cm³/mol. The van der Waals surface area contributed by atoms with Gasteiger partial charge in [0.25, 0.3) is 0 Å². The van der Waals surface area contributed by atoms with E-state index in [1.165, 1.54) is 12.4 Å². The Bertz CT molecular complexity index is 587. The van der Waals surface area contributed by atoms with Gasteiger partial charge in [-0.15, -0.1) is 0 Å². The van der Waals surface area contributed by atoms with Gasteiger partial charge in [-0.1, -0.05) is 6.07 Å². The first-order valence-electron chi connectivity index (χ1n) is 5.30. The molecule has 0 aliphatic heterocycles. The van der Waals surface area contributed by atoms with E-state index in [0.29, 0.717) is 26.6 Å². The number of nitrogens with zero attached hydrogens (tertiary/aromatic N) is 2. The Kier molecular flexibility index (Phi) is 4.26. The standard InChI is InChI=1S/C12H9BrF2N2O2/c13-9-3-1-2-8(6-18)11(9)19-7-10-16-4-5-17(10)12(14)15/h1-6,12H,7H2. The Morgan fingerprint density at radius 3 is 2.95 bits per heavy atom. The molecule has 2 aromatic rings. The van der Waals surface area contributed by atoms with Crippen molar-refractivity contribution >= 4 is 22.2 Å². The zero-order chi connectivity index (χ0) is 13.8. The summed E-state index contributed by atoms with van der Waals surface area (Å²) in [6.45, 7) is -2.83. The van der Waals surface area contributed by atoms with Crippen LogP contribution in [0.4, 0.5) is 8.78 Å². The van der Waals surface area contributed by atoms with Gasteiger partial charge in [-0.05, 0) is 28.1 Å². The van der Waals surface area contributed by atoms with Crippen LogP contribution in [-0.2, 0) is 6.61 Å². The molecule has 0 N–H and O–H groups in total. The van der Waals surface area contributed by atoms with Gasteiger partial charge in [-0.2, -0.15) is 8.78 Å². The van der Waals surface area contributed by atoms with Gasteiger partial charge < -0.3 is 4.74 Å². The number of aromatic nitrogens is 2. The average Bonchev–Trinajstić information content (AvgIpc) is 2.85. The number of benzene rings is 1. The van der Waals surface area contributed by atoms with Crippen LogP contribution in [0.3, 0.4) is 0 Å². The number of rotatable bonds is 5. The van der Waals surface area contributed by atoms with Crippen molar-refractivity contribution in [2.75, 3.05) is 0 Å². The van der Waals surface area contributed by atoms with Gasteiger partial charge in [-0.3, -0.25) is 9.36 Å². The number of alkyl halides is 2. The topological polar surface area (TPSA) is 44.1 Å². The number of carbonyl (C=O) groups excluding carboxylic acids is 1. The van der Waals surface area contributed by atoms with Crippen molar-refractivity contribution in [1.82, 2.24) is 9.55 Å². The predicted octanol–water partition coefficient (Wildman–Crippen LogP) is 3.43. The number of hydrogen-bond acceptors (Lipinski definition) is 3. The van der Waals surface area contributed by atoms with E-state index >= 15 is 0 Å². The van der Waals surface area contributed by atoms with Crippen LogP contribution in [0.1, 0.15) is 22.7 Å². The number of aldehydes is 1. The number of imidazole rings is 1. The molecule has 1 heterocycles. The Hall–Kier alpha value is -1.76. The van der Waals surface area contributed by atoms with E-state index in [1.807, 2.05) is 0 Å². The minimum absolute atomic E-state index is 0.0857. The van der Waals surface area contributed by atoms with Crippen molar-refractivity contribution in [1.29, 1.82) is 0 Å². The quantitative estimate of drug-likeness (QED) is 0.789. The third-order valence-corrected chi connectivity index (χ3v) is 3.05. The maximum Gasteiger partial charge on any atom is 0.320 e. The third kappa shape index (κ3) is 2.98. The molecule has 2 rings (SSSR count). The van der Waals surface area contributed by atoms with Crippen molar-refractivity contribution in [3.05, 3.63) is 46.5 Å². The Morgan fingerprint density at radius 1 is 1.47 bits per heavy atom. The molecule has 0 fully saturated rings. The van der Waals surface area contributed by atoms with E-state index in [0.717, 1.165) is 0 Å². The van der Waals surface area contributed by atoms with E-state index in [4.69, 9.17) is 4.74 Å². The second kappa shape index (κ2) is 5.92. The second-order valence-electron chi connectivity index (χ2n) is 3.59. The monoisotopic (exact) mass is 330 g/mol. The molecule has 0 amide bonds. The maximum absolute atomic E-state index is 12.6. The second-order valence-corrected chi connectivity index (χ2v) is 4.45. The molecule has 0 spiro atoms. The molecule has 0 aliphatic rings. The molecule has 19 heavy (non-hydrogen) atoms. The lowest BCUT2D eigenvalue weighted by atomic mass is 10.2. The number of halogens is 3. The third-order valence-electron chi connectivity index (χ3n) is 2.43. The molecule has 0 unspecified atom stereocenters. The molecule has 0 aliphatic carbocycles. The number of ether oxygens (including phenoxy) is 1. The van der Waals surface area contributed by atoms with E-state index < -0.39 is 6.55 Å². The molecule has 100 valence electrons. The fraction of sp³-hybridized carbons (Fsp3) is 0.167. The summed E-state index contributed by atoms with van der Waals surface area (Å²) in [5.41, 5.74) is 0.338. The normalized spacial score (nSPS) is 10.7. The van der Waals surface area contributed by atoms with Crippen molar-refractivity contribution in [2.24, 2.45) is 0 Å². The lowest BCUT2D eigenvalue weighted by Gasteiger charge is -2.11. The van der Waals surface area contributed by atoms with E-state index in [1.54, 1.807) is 18.2 Å². The van der Waals surface area contributed by atoms with Gasteiger partial charge >= 0.3 is 6.55 Å². The Balaban J connectivity index is 2.19. The molecule has 0 saturated carbocycles. The van der Waals surface area contributed by atoms with Gasteiger partial charge in [0.2, 0.25) is 0 Å². The van der Waals surface area contributed by atoms with Crippen LogP contribution in [0.15, 0.2) is 35.1 Å². The highest BCUT2D eigenvalue weighted by atomic mass is 79.9. The minimum Gasteiger partial charge on any atom is -0.484 e. The molecular weight excluding hydrogens is 322 g/mol. The summed E-state index contributed by atoms with van der Waals surface area (Å²) in [4.78, 5) is 14.7. The van der Waals surface area contributed by atoms with Crippen molar-refractivity contribution in [3.63, 3.8) is 0 Å². The van der Waals surface area contributed by atoms with Crippen molar-refractivity contribution in [3.8, 4) is 5.75 Å². The summed E-state index contributed by atoms with van der Waals surface area (Å²) in [5, 5.41) is 0. The van der Waals surface area contributed by atoms with E-state index in [2.05, 4.69) is 20.9 Å². The fourth-order valence-electron chi connectivity index (χ4n) is 1.54. The fourth-order valence-corrected chi connectivity index (χ4v) is 2.04. The molecule has 4 nitrogen and oxygen atoms in total. The Labute approximate surface area is 116 Å². The summed E-state index contributed by atoms with van der Waals surface area (Å²) in [6.07, 6.45) is 3.08. The highest BCUT2D eigenvalue weighted by Gasteiger charge is 2.13. The summed E-state index contributed by atoms with van der Waals surface area (Å²) < 4.78 is 31.9. The molecule has 0 radical (unpaired) electrons. The molecule has 7 heteroatoms. The number of carbonyl (C=O) groups is 1. The van der Waals surface area contributed by atoms with Crippen LogP contribution >= 0.6 is 15.9 Å². The molecular formula is C12H9BrF2N2O2. The SMILES string of the molecule is O=Cc1cccc(Br)c1OCc1nccn1C(F)F. The first-order valence-corrected chi connectivity index (χ1v) is 6.09. The molecule has 0 saturated heterocycles. The van der Waals surface area contributed by atoms with Crippen molar-refractivity contribution < 1.29 is 18.3 Å². The van der Waals surface area contributed by atoms with Gasteiger partial charge in [0.1, 0.15) is 12.4 Å². The van der Waals surface area contributed by atoms with Crippen LogP contribution in [0.5, 0.6) is 5.75 Å². The molecule has 1 aromatic heterocycles. The van der Waals surface area contributed by atoms with Gasteiger partial charge in [0.15, 0.2) is 12.1 Å². The summed E-state index contributed by atoms with van der Waals surface area (Å²) in [5.74, 6) is 0.393. The lowest BCUT2D eigenvalue weighted by Crippen LogP contribution is -2.08. The summed E-state index contributed by atoms with van der Waals surface area (Å²) >= 11 is 3.24. The zero-order valence-electron chi connectivity index (χ0n) is 9.59. The number of hydrogen-bond donors (Lipinski definition) is 0. The van der Waals surface area contributed by atoms with Gasteiger partial charge in [-0.25, -0.2) is 4.98 Å². The Morgan fingerprint density at radius 2 is 2.26 bits per heavy atom. The smallest absolute Gasteiger partial charge is 0.320 e. The number of para-hydroxylation sites is 1. The largest absolute Gasteiger partial charge is 0.484 e. The van der Waals surface area contributed by atoms with E-state index in [-0.39, 0.29) is 12.4 Å². The van der Waals surface area contributed by atoms with Crippen LogP contribution in [0.25, 0.3) is 0 Å². The van der Waals surface area contributed by atoms with Crippen LogP contribution in [0, 0.1) is 0 Å². The first-order chi connectivity index (χ1) is 9.13. The maximum atomic E-state index is 12.6. The first kappa shape index (κ1) is 13.7. The highest BCUT2D eigenvalue weighted by molar-refractivity contribution is 9.10. The van der Waals surface area contributed by atoms with E-state index in [9.17, 15) is 13.6 Å². The molecule has 1 aromatic carbocycles. The summed E-state index contributed by atoms with van der Waals surface area (Å²) in [6, 6.07) is 4.95.